The van der Waals surface area contributed by atoms with Crippen LogP contribution in [0.15, 0.2) is 30.3 Å². The molecule has 0 spiro atoms. The molecule has 4 nitrogen and oxygen atoms in total. The maximum atomic E-state index is 11.3. The summed E-state index contributed by atoms with van der Waals surface area (Å²) >= 11 is 0. The molecule has 1 aliphatic carbocycles. The van der Waals surface area contributed by atoms with Crippen LogP contribution in [0.2, 0.25) is 0 Å². The lowest BCUT2D eigenvalue weighted by Crippen LogP contribution is -2.50. The zero-order valence-corrected chi connectivity index (χ0v) is 8.93. The number of aliphatic hydroxyl groups excluding tert-OH is 1. The van der Waals surface area contributed by atoms with E-state index in [1.165, 1.54) is 0 Å². The zero-order chi connectivity index (χ0) is 11.4. The fourth-order valence-electron chi connectivity index (χ4n) is 1.57. The summed E-state index contributed by atoms with van der Waals surface area (Å²) in [6.07, 6.45) is 0.697. The number of rotatable bonds is 3. The van der Waals surface area contributed by atoms with Crippen molar-refractivity contribution in [1.82, 2.24) is 5.32 Å². The normalized spacial score (nSPS) is 23.3. The summed E-state index contributed by atoms with van der Waals surface area (Å²) in [4.78, 5) is 11.3. The molecule has 0 saturated heterocycles. The smallest absolute Gasteiger partial charge is 0.407 e. The van der Waals surface area contributed by atoms with Crippen molar-refractivity contribution in [3.63, 3.8) is 0 Å². The molecule has 1 saturated carbocycles. The maximum absolute atomic E-state index is 11.3. The van der Waals surface area contributed by atoms with Crippen molar-refractivity contribution in [2.45, 2.75) is 31.6 Å². The van der Waals surface area contributed by atoms with Crippen LogP contribution in [0.1, 0.15) is 18.4 Å². The molecular formula is C12H15NO3. The van der Waals surface area contributed by atoms with E-state index >= 15 is 0 Å². The molecule has 86 valence electrons. The van der Waals surface area contributed by atoms with Crippen molar-refractivity contribution >= 4 is 6.09 Å². The summed E-state index contributed by atoms with van der Waals surface area (Å²) in [6, 6.07) is 9.35. The molecule has 0 aromatic heterocycles. The average Bonchev–Trinajstić information content (AvgIpc) is 2.33. The van der Waals surface area contributed by atoms with Crippen LogP contribution in [0.4, 0.5) is 4.79 Å². The molecule has 16 heavy (non-hydrogen) atoms. The van der Waals surface area contributed by atoms with Gasteiger partial charge in [-0.05, 0) is 18.4 Å². The van der Waals surface area contributed by atoms with Gasteiger partial charge in [0.15, 0.2) is 0 Å². The van der Waals surface area contributed by atoms with E-state index in [0.717, 1.165) is 18.4 Å². The van der Waals surface area contributed by atoms with Crippen molar-refractivity contribution in [1.29, 1.82) is 0 Å². The maximum Gasteiger partial charge on any atom is 0.407 e. The summed E-state index contributed by atoms with van der Waals surface area (Å²) in [5.74, 6) is 0. The molecule has 4 heteroatoms. The quantitative estimate of drug-likeness (QED) is 0.811. The van der Waals surface area contributed by atoms with Gasteiger partial charge in [0.2, 0.25) is 0 Å². The van der Waals surface area contributed by atoms with Crippen LogP contribution < -0.4 is 5.32 Å². The first-order chi connectivity index (χ1) is 7.75. The first-order valence-corrected chi connectivity index (χ1v) is 5.41. The van der Waals surface area contributed by atoms with E-state index in [1.54, 1.807) is 0 Å². The third-order valence-corrected chi connectivity index (χ3v) is 2.75. The van der Waals surface area contributed by atoms with Crippen LogP contribution in [0.3, 0.4) is 0 Å². The molecule has 2 rings (SSSR count). The van der Waals surface area contributed by atoms with E-state index < -0.39 is 12.2 Å². The number of carbonyl (C=O) groups excluding carboxylic acids is 1. The second-order valence-electron chi connectivity index (χ2n) is 3.96. The van der Waals surface area contributed by atoms with Crippen LogP contribution in [-0.2, 0) is 11.3 Å². The number of benzene rings is 1. The van der Waals surface area contributed by atoms with Gasteiger partial charge >= 0.3 is 6.09 Å². The first kappa shape index (κ1) is 11.0. The van der Waals surface area contributed by atoms with Gasteiger partial charge in [0, 0.05) is 0 Å². The highest BCUT2D eigenvalue weighted by molar-refractivity contribution is 5.67. The summed E-state index contributed by atoms with van der Waals surface area (Å²) in [5, 5.41) is 11.9. The third-order valence-electron chi connectivity index (χ3n) is 2.75. The first-order valence-electron chi connectivity index (χ1n) is 5.41. The van der Waals surface area contributed by atoms with E-state index in [2.05, 4.69) is 5.32 Å². The minimum atomic E-state index is -0.465. The monoisotopic (exact) mass is 221 g/mol. The minimum Gasteiger partial charge on any atom is -0.445 e. The van der Waals surface area contributed by atoms with E-state index in [-0.39, 0.29) is 12.6 Å². The van der Waals surface area contributed by atoms with Gasteiger partial charge in [-0.1, -0.05) is 30.3 Å². The number of ether oxygens (including phenoxy) is 1. The number of nitrogens with one attached hydrogen (secondary N) is 1. The van der Waals surface area contributed by atoms with Gasteiger partial charge in [0.05, 0.1) is 12.1 Å². The Morgan fingerprint density at radius 3 is 2.69 bits per heavy atom. The van der Waals surface area contributed by atoms with Crippen molar-refractivity contribution in [2.24, 2.45) is 0 Å². The lowest BCUT2D eigenvalue weighted by Gasteiger charge is -2.32. The second-order valence-corrected chi connectivity index (χ2v) is 3.96. The standard InChI is InChI=1S/C12H15NO3/c14-11-7-6-10(11)13-12(15)16-8-9-4-2-1-3-5-9/h1-5,10-11,14H,6-8H2,(H,13,15)/t10-,11+/m0/s1. The van der Waals surface area contributed by atoms with Gasteiger partial charge in [0.25, 0.3) is 0 Å². The Morgan fingerprint density at radius 1 is 1.38 bits per heavy atom. The fourth-order valence-corrected chi connectivity index (χ4v) is 1.57. The number of amides is 1. The Balaban J connectivity index is 1.72. The summed E-state index contributed by atoms with van der Waals surface area (Å²) in [6.45, 7) is 0.259. The minimum absolute atomic E-state index is 0.136. The van der Waals surface area contributed by atoms with E-state index in [4.69, 9.17) is 4.74 Å². The Kier molecular flexibility index (Phi) is 3.41. The number of carbonyl (C=O) groups is 1. The number of alkyl carbamates (subject to hydrolysis) is 1. The van der Waals surface area contributed by atoms with E-state index in [9.17, 15) is 9.90 Å². The van der Waals surface area contributed by atoms with Crippen LogP contribution >= 0.6 is 0 Å². The highest BCUT2D eigenvalue weighted by Crippen LogP contribution is 2.19. The van der Waals surface area contributed by atoms with Crippen LogP contribution in [0.25, 0.3) is 0 Å². The molecule has 0 unspecified atom stereocenters. The molecule has 0 heterocycles. The van der Waals surface area contributed by atoms with Crippen LogP contribution in [-0.4, -0.2) is 23.3 Å². The van der Waals surface area contributed by atoms with E-state index in [0.29, 0.717) is 0 Å². The average molecular weight is 221 g/mol. The van der Waals surface area contributed by atoms with Gasteiger partial charge in [0.1, 0.15) is 6.61 Å². The molecule has 0 bridgehead atoms. The van der Waals surface area contributed by atoms with Crippen LogP contribution in [0.5, 0.6) is 0 Å². The van der Waals surface area contributed by atoms with Crippen molar-refractivity contribution in [3.05, 3.63) is 35.9 Å². The van der Waals surface area contributed by atoms with E-state index in [1.807, 2.05) is 30.3 Å². The van der Waals surface area contributed by atoms with Crippen LogP contribution in [0, 0.1) is 0 Å². The molecule has 2 atom stereocenters. The molecule has 1 fully saturated rings. The van der Waals surface area contributed by atoms with Crippen molar-refractivity contribution in [2.75, 3.05) is 0 Å². The Hall–Kier alpha value is -1.55. The molecule has 2 N–H and O–H groups in total. The lowest BCUT2D eigenvalue weighted by molar-refractivity contribution is 0.0440. The largest absolute Gasteiger partial charge is 0.445 e. The summed E-state index contributed by atoms with van der Waals surface area (Å²) < 4.78 is 5.02. The highest BCUT2D eigenvalue weighted by atomic mass is 16.5. The van der Waals surface area contributed by atoms with Gasteiger partial charge in [-0.3, -0.25) is 0 Å². The van der Waals surface area contributed by atoms with Gasteiger partial charge < -0.3 is 15.2 Å². The third kappa shape index (κ3) is 2.73. The summed E-state index contributed by atoms with van der Waals surface area (Å²) in [7, 11) is 0. The molecule has 0 radical (unpaired) electrons. The molecule has 1 aromatic rings. The molecule has 0 aliphatic heterocycles. The molecule has 1 amide bonds. The van der Waals surface area contributed by atoms with Gasteiger partial charge in [-0.15, -0.1) is 0 Å². The number of aliphatic hydroxyl groups is 1. The Morgan fingerprint density at radius 2 is 2.12 bits per heavy atom. The second kappa shape index (κ2) is 4.99. The Labute approximate surface area is 94.2 Å². The molecular weight excluding hydrogens is 206 g/mol. The van der Waals surface area contributed by atoms with Gasteiger partial charge in [-0.25, -0.2) is 4.79 Å². The predicted molar refractivity (Wildman–Crippen MR) is 58.8 cm³/mol. The molecule has 1 aliphatic rings. The summed E-state index contributed by atoms with van der Waals surface area (Å²) in [5.41, 5.74) is 0.951. The lowest BCUT2D eigenvalue weighted by atomic mass is 9.89. The highest BCUT2D eigenvalue weighted by Gasteiger charge is 2.30. The SMILES string of the molecule is O=C(N[C@H]1CC[C@H]1O)OCc1ccccc1. The zero-order valence-electron chi connectivity index (χ0n) is 8.93. The van der Waals surface area contributed by atoms with Crippen molar-refractivity contribution < 1.29 is 14.6 Å². The number of hydrogen-bond acceptors (Lipinski definition) is 3. The van der Waals surface area contributed by atoms with Crippen molar-refractivity contribution in [3.8, 4) is 0 Å². The fraction of sp³-hybridized carbons (Fsp3) is 0.417. The van der Waals surface area contributed by atoms with Gasteiger partial charge in [-0.2, -0.15) is 0 Å². The Bertz CT molecular complexity index is 353. The predicted octanol–water partition coefficient (Wildman–Crippen LogP) is 1.44. The number of hydrogen-bond donors (Lipinski definition) is 2. The topological polar surface area (TPSA) is 58.6 Å². The molecule has 1 aromatic carbocycles.